The molecule has 1 atom stereocenters. The van der Waals surface area contributed by atoms with E-state index in [0.29, 0.717) is 11.2 Å². The highest BCUT2D eigenvalue weighted by molar-refractivity contribution is 5.75. The van der Waals surface area contributed by atoms with Gasteiger partial charge in [0.1, 0.15) is 18.5 Å². The van der Waals surface area contributed by atoms with Crippen molar-refractivity contribution in [3.63, 3.8) is 0 Å². The highest BCUT2D eigenvalue weighted by Crippen LogP contribution is 2.20. The van der Waals surface area contributed by atoms with Crippen molar-refractivity contribution < 1.29 is 14.6 Å². The lowest BCUT2D eigenvalue weighted by atomic mass is 9.97. The van der Waals surface area contributed by atoms with E-state index in [1.54, 1.807) is 20.8 Å². The monoisotopic (exact) mass is 293 g/mol. The van der Waals surface area contributed by atoms with Crippen LogP contribution in [0.25, 0.3) is 11.2 Å². The van der Waals surface area contributed by atoms with Gasteiger partial charge in [-0.3, -0.25) is 9.36 Å². The predicted octanol–water partition coefficient (Wildman–Crippen LogP) is 0.0194. The van der Waals surface area contributed by atoms with Crippen LogP contribution in [0.2, 0.25) is 0 Å². The molecule has 2 aromatic rings. The van der Waals surface area contributed by atoms with Gasteiger partial charge in [-0.25, -0.2) is 15.0 Å². The zero-order valence-corrected chi connectivity index (χ0v) is 12.3. The van der Waals surface area contributed by atoms with Gasteiger partial charge in [-0.2, -0.15) is 0 Å². The van der Waals surface area contributed by atoms with E-state index in [-0.39, 0.29) is 6.61 Å². The normalized spacial score (nSPS) is 14.9. The van der Waals surface area contributed by atoms with E-state index in [9.17, 15) is 9.90 Å². The van der Waals surface area contributed by atoms with Crippen LogP contribution in [0.5, 0.6) is 0 Å². The number of esters is 1. The summed E-state index contributed by atoms with van der Waals surface area (Å²) >= 11 is 0. The molecule has 0 amide bonds. The molecule has 114 valence electrons. The number of imidazole rings is 1. The first-order valence-corrected chi connectivity index (χ1v) is 6.48. The Morgan fingerprint density at radius 1 is 1.43 bits per heavy atom. The Hall–Kier alpha value is -2.06. The fourth-order valence-electron chi connectivity index (χ4n) is 1.69. The number of fused-ring (bicyclic) bond motifs is 1. The molecule has 0 aliphatic rings. The van der Waals surface area contributed by atoms with E-state index < -0.39 is 23.7 Å². The lowest BCUT2D eigenvalue weighted by Crippen LogP contribution is -2.51. The van der Waals surface area contributed by atoms with E-state index in [1.807, 2.05) is 0 Å². The van der Waals surface area contributed by atoms with E-state index in [2.05, 4.69) is 15.0 Å². The predicted molar refractivity (Wildman–Crippen MR) is 75.0 cm³/mol. The maximum Gasteiger partial charge on any atom is 0.311 e. The highest BCUT2D eigenvalue weighted by atomic mass is 16.5. The molecule has 2 aromatic heterocycles. The number of rotatable bonds is 4. The van der Waals surface area contributed by atoms with Crippen LogP contribution in [0, 0.1) is 5.41 Å². The SMILES string of the molecule is CC(C)(C)C(=O)OCC(N)(CO)n1cnc2cncnc21. The Morgan fingerprint density at radius 2 is 2.14 bits per heavy atom. The molecule has 0 saturated carbocycles. The number of carbonyl (C=O) groups excluding carboxylic acids is 1. The fourth-order valence-corrected chi connectivity index (χ4v) is 1.69. The maximum atomic E-state index is 11.9. The van der Waals surface area contributed by atoms with Crippen LogP contribution in [0.4, 0.5) is 0 Å². The minimum absolute atomic E-state index is 0.185. The van der Waals surface area contributed by atoms with Crippen molar-refractivity contribution in [2.75, 3.05) is 13.2 Å². The minimum atomic E-state index is -1.33. The molecule has 2 heterocycles. The first-order chi connectivity index (χ1) is 9.78. The molecule has 8 nitrogen and oxygen atoms in total. The molecule has 0 saturated heterocycles. The number of aliphatic hydroxyl groups is 1. The van der Waals surface area contributed by atoms with Gasteiger partial charge >= 0.3 is 5.97 Å². The van der Waals surface area contributed by atoms with Crippen LogP contribution < -0.4 is 5.73 Å². The Labute approximate surface area is 122 Å². The van der Waals surface area contributed by atoms with Gasteiger partial charge in [0.25, 0.3) is 0 Å². The summed E-state index contributed by atoms with van der Waals surface area (Å²) in [5.74, 6) is -0.398. The second-order valence-corrected chi connectivity index (χ2v) is 5.93. The fraction of sp³-hybridized carbons (Fsp3) is 0.538. The van der Waals surface area contributed by atoms with Gasteiger partial charge in [0.15, 0.2) is 11.3 Å². The topological polar surface area (TPSA) is 116 Å². The number of aromatic nitrogens is 4. The lowest BCUT2D eigenvalue weighted by Gasteiger charge is -2.29. The number of hydrogen-bond acceptors (Lipinski definition) is 7. The van der Waals surface area contributed by atoms with Gasteiger partial charge in [0.2, 0.25) is 0 Å². The lowest BCUT2D eigenvalue weighted by molar-refractivity contribution is -0.156. The largest absolute Gasteiger partial charge is 0.461 e. The average Bonchev–Trinajstić information content (AvgIpc) is 2.88. The van der Waals surface area contributed by atoms with E-state index in [1.165, 1.54) is 23.4 Å². The van der Waals surface area contributed by atoms with E-state index >= 15 is 0 Å². The van der Waals surface area contributed by atoms with Gasteiger partial charge in [-0.15, -0.1) is 0 Å². The molecule has 0 radical (unpaired) electrons. The Kier molecular flexibility index (Phi) is 3.93. The van der Waals surface area contributed by atoms with Crippen LogP contribution in [-0.4, -0.2) is 43.8 Å². The standard InChI is InChI=1S/C13H19N5O3/c1-12(2,3)11(20)21-6-13(14,5-19)18-8-17-9-4-15-7-16-10(9)18/h4,7-8,19H,5-6,14H2,1-3H3. The molecule has 0 bridgehead atoms. The Morgan fingerprint density at radius 3 is 2.76 bits per heavy atom. The maximum absolute atomic E-state index is 11.9. The molecular formula is C13H19N5O3. The number of aliphatic hydroxyl groups excluding tert-OH is 1. The molecule has 0 spiro atoms. The van der Waals surface area contributed by atoms with Crippen molar-refractivity contribution in [1.29, 1.82) is 0 Å². The van der Waals surface area contributed by atoms with Gasteiger partial charge in [0.05, 0.1) is 24.5 Å². The average molecular weight is 293 g/mol. The molecular weight excluding hydrogens is 274 g/mol. The summed E-state index contributed by atoms with van der Waals surface area (Å²) in [7, 11) is 0. The van der Waals surface area contributed by atoms with E-state index in [4.69, 9.17) is 10.5 Å². The van der Waals surface area contributed by atoms with Crippen LogP contribution in [0.15, 0.2) is 18.9 Å². The summed E-state index contributed by atoms with van der Waals surface area (Å²) in [6, 6.07) is 0. The number of hydrogen-bond donors (Lipinski definition) is 2. The minimum Gasteiger partial charge on any atom is -0.461 e. The quantitative estimate of drug-likeness (QED) is 0.763. The summed E-state index contributed by atoms with van der Waals surface area (Å²) in [5.41, 5.74) is 5.19. The van der Waals surface area contributed by atoms with Crippen LogP contribution in [-0.2, 0) is 15.2 Å². The van der Waals surface area contributed by atoms with Crippen LogP contribution in [0.3, 0.4) is 0 Å². The van der Waals surface area contributed by atoms with Crippen LogP contribution in [0.1, 0.15) is 20.8 Å². The van der Waals surface area contributed by atoms with Gasteiger partial charge in [-0.05, 0) is 20.8 Å². The molecule has 8 heteroatoms. The van der Waals surface area contributed by atoms with Gasteiger partial charge in [-0.1, -0.05) is 0 Å². The summed E-state index contributed by atoms with van der Waals surface area (Å²) in [6.07, 6.45) is 4.34. The number of ether oxygens (including phenoxy) is 1. The Bertz CT molecular complexity index is 649. The summed E-state index contributed by atoms with van der Waals surface area (Å²) in [4.78, 5) is 23.9. The van der Waals surface area contributed by atoms with Crippen molar-refractivity contribution in [2.24, 2.45) is 11.1 Å². The number of carbonyl (C=O) groups is 1. The first kappa shape index (κ1) is 15.3. The second-order valence-electron chi connectivity index (χ2n) is 5.93. The third kappa shape index (κ3) is 3.01. The van der Waals surface area contributed by atoms with Gasteiger partial charge in [0, 0.05) is 0 Å². The molecule has 3 N–H and O–H groups in total. The third-order valence-electron chi connectivity index (χ3n) is 3.03. The number of nitrogens with zero attached hydrogens (tertiary/aromatic N) is 4. The molecule has 0 aromatic carbocycles. The molecule has 0 fully saturated rings. The molecule has 0 aliphatic carbocycles. The molecule has 0 aliphatic heterocycles. The second kappa shape index (κ2) is 5.38. The van der Waals surface area contributed by atoms with Crippen molar-refractivity contribution in [3.8, 4) is 0 Å². The Balaban J connectivity index is 2.27. The zero-order chi connectivity index (χ0) is 15.7. The molecule has 1 unspecified atom stereocenters. The van der Waals surface area contributed by atoms with Gasteiger partial charge < -0.3 is 15.6 Å². The van der Waals surface area contributed by atoms with Crippen LogP contribution >= 0.6 is 0 Å². The summed E-state index contributed by atoms with van der Waals surface area (Å²) in [6.45, 7) is 4.61. The zero-order valence-electron chi connectivity index (χ0n) is 12.3. The number of nitrogens with two attached hydrogens (primary N) is 1. The third-order valence-corrected chi connectivity index (χ3v) is 3.03. The van der Waals surface area contributed by atoms with Crippen molar-refractivity contribution in [3.05, 3.63) is 18.9 Å². The smallest absolute Gasteiger partial charge is 0.311 e. The highest BCUT2D eigenvalue weighted by Gasteiger charge is 2.33. The molecule has 21 heavy (non-hydrogen) atoms. The summed E-state index contributed by atoms with van der Waals surface area (Å²) < 4.78 is 6.71. The van der Waals surface area contributed by atoms with Crippen molar-refractivity contribution in [1.82, 2.24) is 19.5 Å². The van der Waals surface area contributed by atoms with E-state index in [0.717, 1.165) is 0 Å². The first-order valence-electron chi connectivity index (χ1n) is 6.48. The molecule has 2 rings (SSSR count). The van der Waals surface area contributed by atoms with Crippen molar-refractivity contribution in [2.45, 2.75) is 26.4 Å². The summed E-state index contributed by atoms with van der Waals surface area (Å²) in [5, 5.41) is 9.62. The van der Waals surface area contributed by atoms with Crippen molar-refractivity contribution >= 4 is 17.1 Å².